The lowest BCUT2D eigenvalue weighted by molar-refractivity contribution is -0.116. The molecule has 0 saturated carbocycles. The lowest BCUT2D eigenvalue weighted by atomic mass is 10.2. The number of halogens is 1. The maximum Gasteiger partial charge on any atom is 0.243 e. The molecule has 1 N–H and O–H groups in total. The Morgan fingerprint density at radius 3 is 2.44 bits per heavy atom. The van der Waals surface area contributed by atoms with Gasteiger partial charge in [0, 0.05) is 25.9 Å². The van der Waals surface area contributed by atoms with Gasteiger partial charge in [0.1, 0.15) is 0 Å². The molecular formula is C18H21ClN2O4S2. The number of anilines is 1. The van der Waals surface area contributed by atoms with E-state index in [1.807, 2.05) is 0 Å². The molecule has 1 heterocycles. The van der Waals surface area contributed by atoms with Gasteiger partial charge in [-0.05, 0) is 29.6 Å². The highest BCUT2D eigenvalue weighted by Gasteiger charge is 2.23. The standard InChI is InChI=1S/C18H21ClN2O4S2/c1-3-21(4-2)27(24,25)13-7-8-14(19)15(12-13)20-18(23)10-9-16(22)17-6-5-11-26-17/h5-8,11-12H,3-4,9-10H2,1-2H3,(H,20,23). The molecule has 2 rings (SSSR count). The second-order valence-corrected chi connectivity index (χ2v) is 8.97. The van der Waals surface area contributed by atoms with E-state index >= 15 is 0 Å². The molecule has 27 heavy (non-hydrogen) atoms. The number of benzene rings is 1. The second kappa shape index (κ2) is 9.45. The predicted octanol–water partition coefficient (Wildman–Crippen LogP) is 4.03. The Balaban J connectivity index is 2.10. The molecule has 9 heteroatoms. The van der Waals surface area contributed by atoms with Gasteiger partial charge in [0.15, 0.2) is 5.78 Å². The highest BCUT2D eigenvalue weighted by Crippen LogP contribution is 2.27. The van der Waals surface area contributed by atoms with Gasteiger partial charge in [-0.15, -0.1) is 11.3 Å². The second-order valence-electron chi connectivity index (χ2n) is 5.68. The van der Waals surface area contributed by atoms with Crippen molar-refractivity contribution in [3.05, 3.63) is 45.6 Å². The number of rotatable bonds is 9. The predicted molar refractivity (Wildman–Crippen MR) is 108 cm³/mol. The zero-order valence-corrected chi connectivity index (χ0v) is 17.5. The summed E-state index contributed by atoms with van der Waals surface area (Å²) in [5.41, 5.74) is 0.207. The molecule has 0 aliphatic carbocycles. The number of nitrogens with zero attached hydrogens (tertiary/aromatic N) is 1. The number of hydrogen-bond acceptors (Lipinski definition) is 5. The summed E-state index contributed by atoms with van der Waals surface area (Å²) >= 11 is 7.42. The molecule has 1 amide bonds. The summed E-state index contributed by atoms with van der Waals surface area (Å²) in [4.78, 5) is 24.8. The third-order valence-corrected chi connectivity index (χ3v) is 7.22. The zero-order valence-electron chi connectivity index (χ0n) is 15.1. The lowest BCUT2D eigenvalue weighted by Gasteiger charge is -2.19. The molecule has 0 radical (unpaired) electrons. The number of hydrogen-bond donors (Lipinski definition) is 1. The molecule has 0 aliphatic heterocycles. The smallest absolute Gasteiger partial charge is 0.243 e. The van der Waals surface area contributed by atoms with Gasteiger partial charge in [-0.2, -0.15) is 4.31 Å². The quantitative estimate of drug-likeness (QED) is 0.611. The monoisotopic (exact) mass is 428 g/mol. The van der Waals surface area contributed by atoms with Crippen molar-refractivity contribution in [2.45, 2.75) is 31.6 Å². The van der Waals surface area contributed by atoms with Gasteiger partial charge >= 0.3 is 0 Å². The van der Waals surface area contributed by atoms with Crippen LogP contribution in [0.3, 0.4) is 0 Å². The molecule has 0 spiro atoms. The molecule has 146 valence electrons. The van der Waals surface area contributed by atoms with Crippen LogP contribution in [0.25, 0.3) is 0 Å². The summed E-state index contributed by atoms with van der Waals surface area (Å²) in [6.07, 6.45) is 0.0570. The van der Waals surface area contributed by atoms with Crippen molar-refractivity contribution < 1.29 is 18.0 Å². The zero-order chi connectivity index (χ0) is 20.0. The van der Waals surface area contributed by atoms with Crippen LogP contribution >= 0.6 is 22.9 Å². The minimum absolute atomic E-state index is 0.0138. The molecule has 1 aromatic heterocycles. The third-order valence-electron chi connectivity index (χ3n) is 3.93. The van der Waals surface area contributed by atoms with Gasteiger partial charge in [-0.25, -0.2) is 8.42 Å². The van der Waals surface area contributed by atoms with Crippen LogP contribution < -0.4 is 5.32 Å². The maximum atomic E-state index is 12.6. The van der Waals surface area contributed by atoms with Gasteiger partial charge in [0.05, 0.1) is 20.5 Å². The fraction of sp³-hybridized carbons (Fsp3) is 0.333. The number of sulfonamides is 1. The van der Waals surface area contributed by atoms with Crippen LogP contribution in [-0.4, -0.2) is 37.5 Å². The van der Waals surface area contributed by atoms with Crippen molar-refractivity contribution in [1.29, 1.82) is 0 Å². The first-order valence-electron chi connectivity index (χ1n) is 8.45. The number of thiophene rings is 1. The number of carbonyl (C=O) groups excluding carboxylic acids is 2. The average molecular weight is 429 g/mol. The fourth-order valence-electron chi connectivity index (χ4n) is 2.47. The normalized spacial score (nSPS) is 11.6. The minimum Gasteiger partial charge on any atom is -0.325 e. The van der Waals surface area contributed by atoms with E-state index in [0.717, 1.165) is 0 Å². The van der Waals surface area contributed by atoms with Crippen LogP contribution in [0.15, 0.2) is 40.6 Å². The molecule has 0 atom stereocenters. The van der Waals surface area contributed by atoms with E-state index in [-0.39, 0.29) is 34.2 Å². The van der Waals surface area contributed by atoms with Crippen molar-refractivity contribution in [2.75, 3.05) is 18.4 Å². The van der Waals surface area contributed by atoms with Gasteiger partial charge < -0.3 is 5.32 Å². The lowest BCUT2D eigenvalue weighted by Crippen LogP contribution is -2.30. The molecule has 0 unspecified atom stereocenters. The Labute approximate surface area is 168 Å². The Morgan fingerprint density at radius 1 is 1.15 bits per heavy atom. The van der Waals surface area contributed by atoms with E-state index in [1.54, 1.807) is 31.4 Å². The summed E-state index contributed by atoms with van der Waals surface area (Å²) in [7, 11) is -3.66. The van der Waals surface area contributed by atoms with Crippen molar-refractivity contribution in [3.8, 4) is 0 Å². The SMILES string of the molecule is CCN(CC)S(=O)(=O)c1ccc(Cl)c(NC(=O)CCC(=O)c2cccs2)c1. The first kappa shape index (κ1) is 21.6. The molecular weight excluding hydrogens is 408 g/mol. The van der Waals surface area contributed by atoms with Crippen LogP contribution in [-0.2, 0) is 14.8 Å². The number of ketones is 1. The van der Waals surface area contributed by atoms with E-state index in [1.165, 1.54) is 33.8 Å². The summed E-state index contributed by atoms with van der Waals surface area (Å²) in [6.45, 7) is 4.19. The third kappa shape index (κ3) is 5.38. The van der Waals surface area contributed by atoms with Gasteiger partial charge in [0.2, 0.25) is 15.9 Å². The van der Waals surface area contributed by atoms with Crippen LogP contribution in [0.2, 0.25) is 5.02 Å². The van der Waals surface area contributed by atoms with E-state index in [2.05, 4.69) is 5.32 Å². The summed E-state index contributed by atoms with van der Waals surface area (Å²) in [5, 5.41) is 4.62. The molecule has 0 aliphatic rings. The number of amides is 1. The van der Waals surface area contributed by atoms with Crippen molar-refractivity contribution in [1.82, 2.24) is 4.31 Å². The number of Topliss-reactive ketones (excluding diaryl/α,β-unsaturated/α-hetero) is 1. The summed E-state index contributed by atoms with van der Waals surface area (Å²) in [5.74, 6) is -0.511. The first-order chi connectivity index (χ1) is 12.8. The Hall–Kier alpha value is -1.74. The molecule has 2 aromatic rings. The molecule has 6 nitrogen and oxygen atoms in total. The largest absolute Gasteiger partial charge is 0.325 e. The van der Waals surface area contributed by atoms with Gasteiger partial charge in [0.25, 0.3) is 0 Å². The molecule has 0 bridgehead atoms. The van der Waals surface area contributed by atoms with Crippen LogP contribution in [0, 0.1) is 0 Å². The first-order valence-corrected chi connectivity index (χ1v) is 11.2. The summed E-state index contributed by atoms with van der Waals surface area (Å²) in [6, 6.07) is 7.67. The number of nitrogens with one attached hydrogen (secondary N) is 1. The Bertz CT molecular complexity index is 907. The van der Waals surface area contributed by atoms with Crippen LogP contribution in [0.1, 0.15) is 36.4 Å². The van der Waals surface area contributed by atoms with E-state index < -0.39 is 15.9 Å². The highest BCUT2D eigenvalue weighted by molar-refractivity contribution is 7.89. The Kier molecular flexibility index (Phi) is 7.55. The highest BCUT2D eigenvalue weighted by atomic mass is 35.5. The van der Waals surface area contributed by atoms with E-state index in [0.29, 0.717) is 18.0 Å². The van der Waals surface area contributed by atoms with Crippen molar-refractivity contribution >= 4 is 50.3 Å². The van der Waals surface area contributed by atoms with Crippen LogP contribution in [0.5, 0.6) is 0 Å². The van der Waals surface area contributed by atoms with Crippen LogP contribution in [0.4, 0.5) is 5.69 Å². The maximum absolute atomic E-state index is 12.6. The summed E-state index contributed by atoms with van der Waals surface area (Å²) < 4.78 is 26.6. The Morgan fingerprint density at radius 2 is 1.85 bits per heavy atom. The molecule has 0 saturated heterocycles. The molecule has 1 aromatic carbocycles. The van der Waals surface area contributed by atoms with E-state index in [4.69, 9.17) is 11.6 Å². The average Bonchev–Trinajstić information content (AvgIpc) is 3.17. The topological polar surface area (TPSA) is 83.6 Å². The van der Waals surface area contributed by atoms with Gasteiger partial charge in [-0.1, -0.05) is 31.5 Å². The van der Waals surface area contributed by atoms with Gasteiger partial charge in [-0.3, -0.25) is 9.59 Å². The van der Waals surface area contributed by atoms with Crippen molar-refractivity contribution in [3.63, 3.8) is 0 Å². The fourth-order valence-corrected chi connectivity index (χ4v) is 4.82. The van der Waals surface area contributed by atoms with Crippen molar-refractivity contribution in [2.24, 2.45) is 0 Å². The minimum atomic E-state index is -3.66. The van der Waals surface area contributed by atoms with E-state index in [9.17, 15) is 18.0 Å². The molecule has 0 fully saturated rings. The number of carbonyl (C=O) groups is 2.